The van der Waals surface area contributed by atoms with Crippen LogP contribution in [0.15, 0.2) is 12.1 Å². The smallest absolute Gasteiger partial charge is 0.257 e. The van der Waals surface area contributed by atoms with Gasteiger partial charge in [-0.1, -0.05) is 29.6 Å². The van der Waals surface area contributed by atoms with Gasteiger partial charge >= 0.3 is 0 Å². The van der Waals surface area contributed by atoms with Crippen molar-refractivity contribution in [1.29, 1.82) is 0 Å². The van der Waals surface area contributed by atoms with Gasteiger partial charge in [-0.2, -0.15) is 0 Å². The highest BCUT2D eigenvalue weighted by atomic mass is 35.5. The summed E-state index contributed by atoms with van der Waals surface area (Å²) in [4.78, 5) is 17.0. The number of likely N-dealkylation sites (tertiary alicyclic amines) is 1. The van der Waals surface area contributed by atoms with Crippen LogP contribution in [0.1, 0.15) is 42.5 Å². The first-order valence-electron chi connectivity index (χ1n) is 8.16. The number of piperidine rings is 1. The molecular weight excluding hydrogens is 335 g/mol. The second-order valence-corrected chi connectivity index (χ2v) is 7.40. The summed E-state index contributed by atoms with van der Waals surface area (Å²) >= 11 is 11.9. The molecule has 0 atom stereocenters. The van der Waals surface area contributed by atoms with Crippen molar-refractivity contribution in [2.75, 3.05) is 20.1 Å². The predicted octanol–water partition coefficient (Wildman–Crippen LogP) is 3.79. The molecule has 1 aromatic carbocycles. The fourth-order valence-electron chi connectivity index (χ4n) is 3.47. The SMILES string of the molecule is CN(C(=O)c1cc(Cl)cc(Cl)c1O)C1CCN(C2CCC2)CC1. The molecule has 1 aromatic rings. The lowest BCUT2D eigenvalue weighted by atomic mass is 9.89. The Morgan fingerprint density at radius 3 is 2.43 bits per heavy atom. The summed E-state index contributed by atoms with van der Waals surface area (Å²) in [6.07, 6.45) is 5.90. The standard InChI is InChI=1S/C17H22Cl2N2O2/c1-20(12-5-7-21(8-6-12)13-3-2-4-13)17(23)14-9-11(18)10-15(19)16(14)22/h9-10,12-13,22H,2-8H2,1H3. The van der Waals surface area contributed by atoms with Gasteiger partial charge in [0.2, 0.25) is 0 Å². The largest absolute Gasteiger partial charge is 0.506 e. The number of phenols is 1. The number of carbonyl (C=O) groups excluding carboxylic acids is 1. The molecule has 1 N–H and O–H groups in total. The van der Waals surface area contributed by atoms with E-state index >= 15 is 0 Å². The number of aromatic hydroxyl groups is 1. The second-order valence-electron chi connectivity index (χ2n) is 6.55. The summed E-state index contributed by atoms with van der Waals surface area (Å²) in [6, 6.07) is 3.86. The Bertz CT molecular complexity index is 597. The molecule has 1 amide bonds. The fraction of sp³-hybridized carbons (Fsp3) is 0.588. The lowest BCUT2D eigenvalue weighted by molar-refractivity contribution is 0.0497. The number of amides is 1. The highest BCUT2D eigenvalue weighted by Crippen LogP contribution is 2.33. The van der Waals surface area contributed by atoms with E-state index in [0.717, 1.165) is 32.0 Å². The van der Waals surface area contributed by atoms with E-state index in [4.69, 9.17) is 23.2 Å². The maximum atomic E-state index is 12.7. The minimum Gasteiger partial charge on any atom is -0.506 e. The van der Waals surface area contributed by atoms with Crippen LogP contribution in [0.25, 0.3) is 0 Å². The van der Waals surface area contributed by atoms with Crippen LogP contribution in [0.4, 0.5) is 0 Å². The van der Waals surface area contributed by atoms with Crippen LogP contribution in [0.5, 0.6) is 5.75 Å². The number of benzene rings is 1. The summed E-state index contributed by atoms with van der Waals surface area (Å²) in [5, 5.41) is 10.5. The number of phenolic OH excluding ortho intramolecular Hbond substituents is 1. The van der Waals surface area contributed by atoms with Gasteiger partial charge < -0.3 is 14.9 Å². The summed E-state index contributed by atoms with van der Waals surface area (Å²) in [6.45, 7) is 2.07. The maximum absolute atomic E-state index is 12.7. The quantitative estimate of drug-likeness (QED) is 0.895. The first-order valence-corrected chi connectivity index (χ1v) is 8.92. The lowest BCUT2D eigenvalue weighted by Crippen LogP contribution is -2.50. The van der Waals surface area contributed by atoms with Crippen LogP contribution < -0.4 is 0 Å². The average molecular weight is 357 g/mol. The summed E-state index contributed by atoms with van der Waals surface area (Å²) in [5.41, 5.74) is 0.173. The molecule has 0 radical (unpaired) electrons. The zero-order valence-corrected chi connectivity index (χ0v) is 14.8. The molecule has 1 aliphatic carbocycles. The Labute approximate surface area is 147 Å². The van der Waals surface area contributed by atoms with Crippen molar-refractivity contribution in [3.8, 4) is 5.75 Å². The Morgan fingerprint density at radius 1 is 1.22 bits per heavy atom. The van der Waals surface area contributed by atoms with E-state index in [1.54, 1.807) is 11.9 Å². The van der Waals surface area contributed by atoms with Gasteiger partial charge in [-0.05, 0) is 37.8 Å². The van der Waals surface area contributed by atoms with Gasteiger partial charge in [0.1, 0.15) is 5.75 Å². The van der Waals surface area contributed by atoms with Gasteiger partial charge in [0, 0.05) is 37.2 Å². The van der Waals surface area contributed by atoms with E-state index in [9.17, 15) is 9.90 Å². The van der Waals surface area contributed by atoms with E-state index in [0.29, 0.717) is 5.02 Å². The van der Waals surface area contributed by atoms with E-state index in [1.807, 2.05) is 0 Å². The van der Waals surface area contributed by atoms with Crippen molar-refractivity contribution in [3.05, 3.63) is 27.7 Å². The van der Waals surface area contributed by atoms with Crippen LogP contribution in [-0.2, 0) is 0 Å². The van der Waals surface area contributed by atoms with Gasteiger partial charge in [-0.25, -0.2) is 0 Å². The molecule has 6 heteroatoms. The number of nitrogens with zero attached hydrogens (tertiary/aromatic N) is 2. The van der Waals surface area contributed by atoms with Gasteiger partial charge in [0.15, 0.2) is 0 Å². The zero-order valence-electron chi connectivity index (χ0n) is 13.3. The predicted molar refractivity (Wildman–Crippen MR) is 92.5 cm³/mol. The molecule has 1 aliphatic heterocycles. The highest BCUT2D eigenvalue weighted by Gasteiger charge is 2.32. The van der Waals surface area contributed by atoms with Crippen molar-refractivity contribution in [2.45, 2.75) is 44.2 Å². The Balaban J connectivity index is 1.66. The topological polar surface area (TPSA) is 43.8 Å². The van der Waals surface area contributed by atoms with Crippen LogP contribution in [-0.4, -0.2) is 53.0 Å². The van der Waals surface area contributed by atoms with Crippen LogP contribution >= 0.6 is 23.2 Å². The molecule has 1 heterocycles. The average Bonchev–Trinajstić information content (AvgIpc) is 2.48. The molecule has 2 fully saturated rings. The van der Waals surface area contributed by atoms with Crippen LogP contribution in [0.3, 0.4) is 0 Å². The molecule has 4 nitrogen and oxygen atoms in total. The number of hydrogen-bond donors (Lipinski definition) is 1. The third-order valence-electron chi connectivity index (χ3n) is 5.22. The van der Waals surface area contributed by atoms with Crippen molar-refractivity contribution >= 4 is 29.1 Å². The first-order chi connectivity index (χ1) is 11.0. The molecule has 2 aliphatic rings. The molecule has 1 saturated carbocycles. The number of hydrogen-bond acceptors (Lipinski definition) is 3. The molecule has 1 saturated heterocycles. The summed E-state index contributed by atoms with van der Waals surface area (Å²) in [5.74, 6) is -0.422. The van der Waals surface area contributed by atoms with Gasteiger partial charge in [0.25, 0.3) is 5.91 Å². The molecule has 0 spiro atoms. The molecule has 126 valence electrons. The molecular formula is C17H22Cl2N2O2. The fourth-order valence-corrected chi connectivity index (χ4v) is 3.97. The summed E-state index contributed by atoms with van der Waals surface area (Å²) in [7, 11) is 1.79. The Kier molecular flexibility index (Phi) is 5.04. The Morgan fingerprint density at radius 2 is 1.87 bits per heavy atom. The number of rotatable bonds is 3. The molecule has 23 heavy (non-hydrogen) atoms. The number of carbonyl (C=O) groups is 1. The minimum absolute atomic E-state index is 0.106. The lowest BCUT2D eigenvalue weighted by Gasteiger charge is -2.43. The van der Waals surface area contributed by atoms with Crippen LogP contribution in [0.2, 0.25) is 10.0 Å². The van der Waals surface area contributed by atoms with E-state index in [1.165, 1.54) is 31.4 Å². The highest BCUT2D eigenvalue weighted by molar-refractivity contribution is 6.36. The van der Waals surface area contributed by atoms with Gasteiger partial charge in [0.05, 0.1) is 10.6 Å². The zero-order chi connectivity index (χ0) is 16.6. The van der Waals surface area contributed by atoms with Gasteiger partial charge in [-0.3, -0.25) is 4.79 Å². The summed E-state index contributed by atoms with van der Waals surface area (Å²) < 4.78 is 0. The third kappa shape index (κ3) is 3.44. The first kappa shape index (κ1) is 16.9. The molecule has 0 bridgehead atoms. The normalized spacial score (nSPS) is 20.3. The van der Waals surface area contributed by atoms with Crippen molar-refractivity contribution in [3.63, 3.8) is 0 Å². The van der Waals surface area contributed by atoms with Gasteiger partial charge in [-0.15, -0.1) is 0 Å². The van der Waals surface area contributed by atoms with E-state index in [2.05, 4.69) is 4.90 Å². The van der Waals surface area contributed by atoms with Crippen LogP contribution in [0, 0.1) is 0 Å². The molecule has 0 unspecified atom stereocenters. The Hall–Kier alpha value is -0.970. The van der Waals surface area contributed by atoms with Crippen molar-refractivity contribution < 1.29 is 9.90 Å². The monoisotopic (exact) mass is 356 g/mol. The van der Waals surface area contributed by atoms with E-state index < -0.39 is 0 Å². The van der Waals surface area contributed by atoms with E-state index in [-0.39, 0.29) is 28.3 Å². The minimum atomic E-state index is -0.228. The molecule has 3 rings (SSSR count). The van der Waals surface area contributed by atoms with Crippen molar-refractivity contribution in [2.24, 2.45) is 0 Å². The molecule has 0 aromatic heterocycles. The second kappa shape index (κ2) is 6.88. The third-order valence-corrected chi connectivity index (χ3v) is 5.72. The maximum Gasteiger partial charge on any atom is 0.257 e. The number of halogens is 2. The van der Waals surface area contributed by atoms with Crippen molar-refractivity contribution in [1.82, 2.24) is 9.80 Å².